The third-order valence-corrected chi connectivity index (χ3v) is 4.34. The van der Waals surface area contributed by atoms with Crippen molar-refractivity contribution in [1.29, 1.82) is 0 Å². The van der Waals surface area contributed by atoms with Crippen molar-refractivity contribution in [1.82, 2.24) is 15.0 Å². The zero-order valence-electron chi connectivity index (χ0n) is 13.8. The summed E-state index contributed by atoms with van der Waals surface area (Å²) >= 11 is 0. The summed E-state index contributed by atoms with van der Waals surface area (Å²) in [6, 6.07) is 8.16. The molecule has 0 aliphatic carbocycles. The number of nitrogens with zero attached hydrogens (tertiary/aromatic N) is 2. The molecule has 0 fully saturated rings. The van der Waals surface area contributed by atoms with Crippen LogP contribution in [-0.4, -0.2) is 20.4 Å². The van der Waals surface area contributed by atoms with Gasteiger partial charge in [-0.25, -0.2) is 4.79 Å². The predicted molar refractivity (Wildman–Crippen MR) is 91.5 cm³/mol. The van der Waals surface area contributed by atoms with Crippen LogP contribution in [-0.2, 0) is 7.05 Å². The van der Waals surface area contributed by atoms with Gasteiger partial charge in [0.05, 0.1) is 11.8 Å². The lowest BCUT2D eigenvalue weighted by molar-refractivity contribution is 0.416. The number of benzene rings is 1. The van der Waals surface area contributed by atoms with E-state index in [9.17, 15) is 14.7 Å². The van der Waals surface area contributed by atoms with E-state index in [1.54, 1.807) is 0 Å². The molecule has 0 amide bonds. The first kappa shape index (κ1) is 16.0. The summed E-state index contributed by atoms with van der Waals surface area (Å²) in [6.45, 7) is 4.28. The van der Waals surface area contributed by atoms with E-state index in [0.29, 0.717) is 18.1 Å². The van der Waals surface area contributed by atoms with Crippen molar-refractivity contribution in [2.24, 2.45) is 12.1 Å². The Morgan fingerprint density at radius 2 is 1.92 bits per heavy atom. The minimum atomic E-state index is -0.659. The van der Waals surface area contributed by atoms with E-state index in [-0.39, 0.29) is 17.5 Å². The second-order valence-corrected chi connectivity index (χ2v) is 6.28. The number of H-pyrrole nitrogens is 1. The fraction of sp³-hybridized carbons (Fsp3) is 0.353. The number of hydrogen-bond acceptors (Lipinski definition) is 5. The summed E-state index contributed by atoms with van der Waals surface area (Å²) in [6.07, 6.45) is 0.454. The van der Waals surface area contributed by atoms with E-state index in [4.69, 9.17) is 0 Å². The highest BCUT2D eigenvalue weighted by molar-refractivity contribution is 6.03. The summed E-state index contributed by atoms with van der Waals surface area (Å²) < 4.78 is 0.990. The Hall–Kier alpha value is -2.83. The molecule has 3 rings (SSSR count). The van der Waals surface area contributed by atoms with Crippen molar-refractivity contribution >= 4 is 5.71 Å². The third kappa shape index (κ3) is 2.73. The van der Waals surface area contributed by atoms with Crippen LogP contribution in [0.4, 0.5) is 0 Å². The number of aromatic amines is 1. The second-order valence-electron chi connectivity index (χ2n) is 6.28. The Morgan fingerprint density at radius 3 is 2.54 bits per heavy atom. The monoisotopic (exact) mass is 328 g/mol. The minimum absolute atomic E-state index is 0.0332. The van der Waals surface area contributed by atoms with Crippen LogP contribution in [0.5, 0.6) is 5.88 Å². The van der Waals surface area contributed by atoms with E-state index in [0.717, 1.165) is 10.1 Å². The first-order chi connectivity index (χ1) is 11.4. The van der Waals surface area contributed by atoms with Crippen LogP contribution in [0.2, 0.25) is 0 Å². The molecule has 0 radical (unpaired) electrons. The SMILES string of the molecule is CC(C)c1ccc(C2CC(c3c(O)n(C)c(=O)[nH]c3=O)=NN2)cc1. The standard InChI is InChI=1S/C17H20N4O3/c1-9(2)10-4-6-11(7-5-10)12-8-13(20-19-12)14-15(22)18-17(24)21(3)16(14)23/h4-7,9,12,19,23H,8H2,1-3H3,(H,18,22,24). The number of rotatable bonds is 3. The average Bonchev–Trinajstić information content (AvgIpc) is 3.02. The Labute approximate surface area is 138 Å². The van der Waals surface area contributed by atoms with Crippen molar-refractivity contribution < 1.29 is 5.11 Å². The highest BCUT2D eigenvalue weighted by atomic mass is 16.3. The summed E-state index contributed by atoms with van der Waals surface area (Å²) in [4.78, 5) is 25.7. The van der Waals surface area contributed by atoms with Gasteiger partial charge in [0.1, 0.15) is 5.56 Å². The third-order valence-electron chi connectivity index (χ3n) is 4.34. The van der Waals surface area contributed by atoms with E-state index in [1.165, 1.54) is 12.6 Å². The molecule has 1 aliphatic rings. The fourth-order valence-corrected chi connectivity index (χ4v) is 2.77. The summed E-state index contributed by atoms with van der Waals surface area (Å²) in [5.41, 5.74) is 4.48. The molecule has 2 heterocycles. The van der Waals surface area contributed by atoms with Crippen LogP contribution < -0.4 is 16.7 Å². The Kier molecular flexibility index (Phi) is 4.01. The molecule has 1 unspecified atom stereocenters. The Morgan fingerprint density at radius 1 is 1.25 bits per heavy atom. The quantitative estimate of drug-likeness (QED) is 0.791. The highest BCUT2D eigenvalue weighted by Gasteiger charge is 2.26. The van der Waals surface area contributed by atoms with Crippen molar-refractivity contribution in [3.63, 3.8) is 0 Å². The Bertz CT molecular complexity index is 907. The molecule has 1 atom stereocenters. The van der Waals surface area contributed by atoms with Gasteiger partial charge in [-0.15, -0.1) is 0 Å². The van der Waals surface area contributed by atoms with Gasteiger partial charge in [-0.05, 0) is 17.0 Å². The van der Waals surface area contributed by atoms with Gasteiger partial charge in [-0.3, -0.25) is 14.3 Å². The first-order valence-corrected chi connectivity index (χ1v) is 7.83. The molecular formula is C17H20N4O3. The zero-order valence-corrected chi connectivity index (χ0v) is 13.8. The first-order valence-electron chi connectivity index (χ1n) is 7.83. The van der Waals surface area contributed by atoms with E-state index >= 15 is 0 Å². The predicted octanol–water partition coefficient (Wildman–Crippen LogP) is 1.34. The molecule has 2 aromatic rings. The normalized spacial score (nSPS) is 17.0. The van der Waals surface area contributed by atoms with Crippen LogP contribution >= 0.6 is 0 Å². The summed E-state index contributed by atoms with van der Waals surface area (Å²) in [7, 11) is 1.39. The maximum Gasteiger partial charge on any atom is 0.330 e. The van der Waals surface area contributed by atoms with Crippen molar-refractivity contribution in [3.8, 4) is 5.88 Å². The van der Waals surface area contributed by atoms with Gasteiger partial charge >= 0.3 is 5.69 Å². The van der Waals surface area contributed by atoms with E-state index in [2.05, 4.69) is 41.5 Å². The number of aromatic hydroxyl groups is 1. The van der Waals surface area contributed by atoms with Gasteiger partial charge in [-0.2, -0.15) is 5.10 Å². The number of hydrazone groups is 1. The van der Waals surface area contributed by atoms with Crippen LogP contribution in [0.3, 0.4) is 0 Å². The molecule has 7 nitrogen and oxygen atoms in total. The number of nitrogens with one attached hydrogen (secondary N) is 2. The average molecular weight is 328 g/mol. The van der Waals surface area contributed by atoms with Gasteiger partial charge in [0.15, 0.2) is 0 Å². The van der Waals surface area contributed by atoms with Crippen molar-refractivity contribution in [2.45, 2.75) is 32.2 Å². The molecule has 0 spiro atoms. The molecule has 126 valence electrons. The van der Waals surface area contributed by atoms with E-state index < -0.39 is 11.2 Å². The number of aromatic nitrogens is 2. The van der Waals surface area contributed by atoms with Gasteiger partial charge < -0.3 is 10.5 Å². The molecule has 24 heavy (non-hydrogen) atoms. The van der Waals surface area contributed by atoms with Gasteiger partial charge in [0, 0.05) is 13.5 Å². The van der Waals surface area contributed by atoms with Crippen LogP contribution in [0, 0.1) is 0 Å². The van der Waals surface area contributed by atoms with Gasteiger partial charge in [0.25, 0.3) is 5.56 Å². The maximum absolute atomic E-state index is 12.0. The summed E-state index contributed by atoms with van der Waals surface area (Å²) in [5.74, 6) is 0.0867. The molecule has 0 bridgehead atoms. The maximum atomic E-state index is 12.0. The molecule has 1 aromatic carbocycles. The minimum Gasteiger partial charge on any atom is -0.494 e. The van der Waals surface area contributed by atoms with Crippen molar-refractivity contribution in [2.75, 3.05) is 0 Å². The lowest BCUT2D eigenvalue weighted by atomic mass is 9.96. The fourth-order valence-electron chi connectivity index (χ4n) is 2.77. The topological polar surface area (TPSA) is 99.5 Å². The summed E-state index contributed by atoms with van der Waals surface area (Å²) in [5, 5.41) is 14.3. The second kappa shape index (κ2) is 5.99. The molecule has 3 N–H and O–H groups in total. The van der Waals surface area contributed by atoms with Gasteiger partial charge in [-0.1, -0.05) is 38.1 Å². The highest BCUT2D eigenvalue weighted by Crippen LogP contribution is 2.27. The van der Waals surface area contributed by atoms with Crippen LogP contribution in [0.25, 0.3) is 0 Å². The van der Waals surface area contributed by atoms with Crippen LogP contribution in [0.1, 0.15) is 48.9 Å². The lowest BCUT2D eigenvalue weighted by Gasteiger charge is -2.12. The van der Waals surface area contributed by atoms with E-state index in [1.807, 2.05) is 12.1 Å². The van der Waals surface area contributed by atoms with Crippen molar-refractivity contribution in [3.05, 3.63) is 61.8 Å². The van der Waals surface area contributed by atoms with Gasteiger partial charge in [0.2, 0.25) is 5.88 Å². The molecule has 1 aliphatic heterocycles. The van der Waals surface area contributed by atoms with Crippen LogP contribution in [0.15, 0.2) is 39.0 Å². The smallest absolute Gasteiger partial charge is 0.330 e. The zero-order chi connectivity index (χ0) is 17.4. The number of hydrogen-bond donors (Lipinski definition) is 3. The molecular weight excluding hydrogens is 308 g/mol. The molecule has 0 saturated carbocycles. The molecule has 7 heteroatoms. The molecule has 0 saturated heterocycles. The Balaban J connectivity index is 1.87. The molecule has 1 aromatic heterocycles. The largest absolute Gasteiger partial charge is 0.494 e. The lowest BCUT2D eigenvalue weighted by Crippen LogP contribution is -2.32.